The monoisotopic (exact) mass is 462 g/mol. The van der Waals surface area contributed by atoms with Crippen LogP contribution in [0.15, 0.2) is 42.7 Å². The van der Waals surface area contributed by atoms with Gasteiger partial charge in [-0.2, -0.15) is 0 Å². The quantitative estimate of drug-likeness (QED) is 0.532. The SMILES string of the molecule is O=C1NC(=O)[C@](Cc2cccnc2)(CN2Cc3ccc(I)cc3C2=O)N1. The number of hydrogen-bond donors (Lipinski definition) is 2. The number of benzene rings is 1. The number of imide groups is 1. The Hall–Kier alpha value is -2.49. The molecule has 1 aromatic carbocycles. The Kier molecular flexibility index (Phi) is 4.14. The van der Waals surface area contributed by atoms with Crippen LogP contribution in [0.3, 0.4) is 0 Å². The summed E-state index contributed by atoms with van der Waals surface area (Å²) in [6.45, 7) is 0.520. The van der Waals surface area contributed by atoms with E-state index in [1.54, 1.807) is 23.4 Å². The highest BCUT2D eigenvalue weighted by Crippen LogP contribution is 2.28. The number of halogens is 1. The molecule has 0 aliphatic carbocycles. The third-order valence-corrected chi connectivity index (χ3v) is 5.33. The summed E-state index contributed by atoms with van der Waals surface area (Å²) in [7, 11) is 0. The first-order valence-corrected chi connectivity index (χ1v) is 9.15. The Morgan fingerprint density at radius 3 is 2.77 bits per heavy atom. The van der Waals surface area contributed by atoms with Gasteiger partial charge in [0.05, 0.1) is 6.54 Å². The standard InChI is InChI=1S/C18H15IN4O3/c19-13-4-3-12-9-23(15(24)14(12)6-13)10-18(16(25)21-17(26)22-18)7-11-2-1-5-20-8-11/h1-6,8H,7,9-10H2,(H2,21,22,25,26)/t18-/m0/s1. The molecule has 0 spiro atoms. The minimum absolute atomic E-state index is 0.101. The minimum atomic E-state index is -1.20. The normalized spacial score (nSPS) is 21.6. The average molecular weight is 462 g/mol. The van der Waals surface area contributed by atoms with E-state index < -0.39 is 17.5 Å². The average Bonchev–Trinajstić information content (AvgIpc) is 3.05. The molecule has 1 fully saturated rings. The van der Waals surface area contributed by atoms with E-state index in [9.17, 15) is 14.4 Å². The van der Waals surface area contributed by atoms with Crippen molar-refractivity contribution >= 4 is 40.4 Å². The molecule has 7 nitrogen and oxygen atoms in total. The molecule has 2 aromatic rings. The van der Waals surface area contributed by atoms with Gasteiger partial charge in [-0.1, -0.05) is 12.1 Å². The first-order chi connectivity index (χ1) is 12.5. The lowest BCUT2D eigenvalue weighted by atomic mass is 9.91. The van der Waals surface area contributed by atoms with Crippen molar-refractivity contribution < 1.29 is 14.4 Å². The molecule has 0 saturated carbocycles. The molecule has 1 atom stereocenters. The molecule has 2 aliphatic heterocycles. The van der Waals surface area contributed by atoms with Crippen LogP contribution in [0.1, 0.15) is 21.5 Å². The predicted octanol–water partition coefficient (Wildman–Crippen LogP) is 1.46. The number of fused-ring (bicyclic) bond motifs is 1. The Morgan fingerprint density at radius 2 is 2.08 bits per heavy atom. The van der Waals surface area contributed by atoms with Crippen molar-refractivity contribution in [3.8, 4) is 0 Å². The molecular formula is C18H15IN4O3. The van der Waals surface area contributed by atoms with Crippen LogP contribution in [0.4, 0.5) is 4.79 Å². The lowest BCUT2D eigenvalue weighted by Crippen LogP contribution is -2.56. The molecule has 0 bridgehead atoms. The first kappa shape index (κ1) is 17.0. The van der Waals surface area contributed by atoms with Gasteiger partial charge in [-0.15, -0.1) is 0 Å². The van der Waals surface area contributed by atoms with Crippen molar-refractivity contribution in [2.24, 2.45) is 0 Å². The van der Waals surface area contributed by atoms with Crippen LogP contribution in [-0.4, -0.2) is 39.8 Å². The zero-order valence-electron chi connectivity index (χ0n) is 13.7. The second kappa shape index (κ2) is 6.35. The highest BCUT2D eigenvalue weighted by molar-refractivity contribution is 14.1. The van der Waals surface area contributed by atoms with Crippen LogP contribution in [0.2, 0.25) is 0 Å². The molecule has 3 heterocycles. The number of hydrogen-bond acceptors (Lipinski definition) is 4. The number of carbonyl (C=O) groups is 3. The van der Waals surface area contributed by atoms with Crippen molar-refractivity contribution in [1.29, 1.82) is 0 Å². The number of pyridine rings is 1. The molecule has 8 heteroatoms. The molecule has 132 valence electrons. The Balaban J connectivity index is 1.63. The van der Waals surface area contributed by atoms with Crippen LogP contribution in [0, 0.1) is 3.57 Å². The third-order valence-electron chi connectivity index (χ3n) is 4.65. The zero-order valence-corrected chi connectivity index (χ0v) is 15.8. The van der Waals surface area contributed by atoms with Crippen molar-refractivity contribution in [1.82, 2.24) is 20.5 Å². The summed E-state index contributed by atoms with van der Waals surface area (Å²) in [6.07, 6.45) is 3.56. The van der Waals surface area contributed by atoms with E-state index >= 15 is 0 Å². The molecule has 0 unspecified atom stereocenters. The van der Waals surface area contributed by atoms with E-state index in [0.717, 1.165) is 14.7 Å². The third kappa shape index (κ3) is 2.94. The van der Waals surface area contributed by atoms with Gasteiger partial charge >= 0.3 is 6.03 Å². The van der Waals surface area contributed by atoms with Gasteiger partial charge in [0.15, 0.2) is 0 Å². The summed E-state index contributed by atoms with van der Waals surface area (Å²) >= 11 is 2.17. The van der Waals surface area contributed by atoms with E-state index in [-0.39, 0.29) is 18.9 Å². The van der Waals surface area contributed by atoms with Gasteiger partial charge in [0, 0.05) is 34.5 Å². The van der Waals surface area contributed by atoms with E-state index in [4.69, 9.17) is 0 Å². The van der Waals surface area contributed by atoms with Gasteiger partial charge in [-0.25, -0.2) is 4.79 Å². The first-order valence-electron chi connectivity index (χ1n) is 8.07. The van der Waals surface area contributed by atoms with Crippen molar-refractivity contribution in [3.05, 3.63) is 63.0 Å². The molecule has 4 amide bonds. The summed E-state index contributed by atoms with van der Waals surface area (Å²) < 4.78 is 0.980. The van der Waals surface area contributed by atoms with E-state index in [2.05, 4.69) is 38.2 Å². The number of carbonyl (C=O) groups excluding carboxylic acids is 3. The predicted molar refractivity (Wildman–Crippen MR) is 101 cm³/mol. The van der Waals surface area contributed by atoms with Crippen LogP contribution in [-0.2, 0) is 17.8 Å². The van der Waals surface area contributed by atoms with Crippen LogP contribution in [0.25, 0.3) is 0 Å². The molecular weight excluding hydrogens is 447 g/mol. The maximum Gasteiger partial charge on any atom is 0.322 e. The Labute approximate surface area is 163 Å². The number of urea groups is 1. The lowest BCUT2D eigenvalue weighted by molar-refractivity contribution is -0.124. The van der Waals surface area contributed by atoms with E-state index in [1.807, 2.05) is 24.3 Å². The fourth-order valence-electron chi connectivity index (χ4n) is 3.46. The Morgan fingerprint density at radius 1 is 1.23 bits per heavy atom. The summed E-state index contributed by atoms with van der Waals surface area (Å²) in [5.41, 5.74) is 1.18. The smallest absolute Gasteiger partial charge is 0.322 e. The summed E-state index contributed by atoms with van der Waals surface area (Å²) in [5, 5.41) is 5.03. The van der Waals surface area contributed by atoms with Crippen molar-refractivity contribution in [2.45, 2.75) is 18.5 Å². The van der Waals surface area contributed by atoms with Crippen molar-refractivity contribution in [3.63, 3.8) is 0 Å². The maximum atomic E-state index is 12.8. The summed E-state index contributed by atoms with van der Waals surface area (Å²) in [4.78, 5) is 42.9. The highest BCUT2D eigenvalue weighted by atomic mass is 127. The minimum Gasteiger partial charge on any atom is -0.331 e. The largest absolute Gasteiger partial charge is 0.331 e. The zero-order chi connectivity index (χ0) is 18.3. The van der Waals surface area contributed by atoms with Gasteiger partial charge in [0.2, 0.25) is 0 Å². The molecule has 2 aliphatic rings. The topological polar surface area (TPSA) is 91.4 Å². The van der Waals surface area contributed by atoms with E-state index in [0.29, 0.717) is 12.1 Å². The fraction of sp³-hybridized carbons (Fsp3) is 0.222. The Bertz CT molecular complexity index is 918. The number of nitrogens with one attached hydrogen (secondary N) is 2. The van der Waals surface area contributed by atoms with Crippen LogP contribution < -0.4 is 10.6 Å². The molecule has 26 heavy (non-hydrogen) atoms. The van der Waals surface area contributed by atoms with Crippen LogP contribution in [0.5, 0.6) is 0 Å². The molecule has 2 N–H and O–H groups in total. The molecule has 1 aromatic heterocycles. The van der Waals surface area contributed by atoms with Gasteiger partial charge in [-0.05, 0) is 51.9 Å². The lowest BCUT2D eigenvalue weighted by Gasteiger charge is -2.30. The second-order valence-corrected chi connectivity index (χ2v) is 7.74. The number of amides is 4. The van der Waals surface area contributed by atoms with Crippen LogP contribution >= 0.6 is 22.6 Å². The summed E-state index contributed by atoms with van der Waals surface area (Å²) in [5.74, 6) is -0.553. The maximum absolute atomic E-state index is 12.8. The summed E-state index contributed by atoms with van der Waals surface area (Å²) in [6, 6.07) is 8.80. The number of nitrogens with zero attached hydrogens (tertiary/aromatic N) is 2. The van der Waals surface area contributed by atoms with E-state index in [1.165, 1.54) is 0 Å². The van der Waals surface area contributed by atoms with Gasteiger partial charge in [-0.3, -0.25) is 19.9 Å². The molecule has 0 radical (unpaired) electrons. The van der Waals surface area contributed by atoms with Gasteiger partial charge in [0.25, 0.3) is 11.8 Å². The number of rotatable bonds is 4. The second-order valence-electron chi connectivity index (χ2n) is 6.49. The molecule has 1 saturated heterocycles. The van der Waals surface area contributed by atoms with Gasteiger partial charge in [0.1, 0.15) is 5.54 Å². The highest BCUT2D eigenvalue weighted by Gasteiger charge is 2.49. The van der Waals surface area contributed by atoms with Gasteiger partial charge < -0.3 is 10.2 Å². The van der Waals surface area contributed by atoms with Crippen molar-refractivity contribution in [2.75, 3.05) is 6.54 Å². The number of aromatic nitrogens is 1. The fourth-order valence-corrected chi connectivity index (χ4v) is 3.95. The molecule has 4 rings (SSSR count).